The molecular weight excluding hydrogens is 292 g/mol. The van der Waals surface area contributed by atoms with E-state index < -0.39 is 0 Å². The van der Waals surface area contributed by atoms with Crippen LogP contribution in [-0.4, -0.2) is 12.4 Å². The van der Waals surface area contributed by atoms with Crippen LogP contribution in [0.2, 0.25) is 0 Å². The van der Waals surface area contributed by atoms with Crippen molar-refractivity contribution in [2.45, 2.75) is 13.0 Å². The molecule has 0 spiro atoms. The minimum Gasteiger partial charge on any atom is -0.324 e. The predicted molar refractivity (Wildman–Crippen MR) is 101 cm³/mol. The molecule has 2 nitrogen and oxygen atoms in total. The van der Waals surface area contributed by atoms with Crippen molar-refractivity contribution in [3.05, 3.63) is 102 Å². The van der Waals surface area contributed by atoms with Crippen LogP contribution in [0.3, 0.4) is 0 Å². The second kappa shape index (κ2) is 6.32. The maximum Gasteiger partial charge on any atom is 0.136 e. The number of hydrogen-bond acceptors (Lipinski definition) is 2. The fourth-order valence-electron chi connectivity index (χ4n) is 3.22. The van der Waals surface area contributed by atoms with Crippen LogP contribution < -0.4 is 4.90 Å². The highest BCUT2D eigenvalue weighted by Gasteiger charge is 2.28. The summed E-state index contributed by atoms with van der Waals surface area (Å²) in [4.78, 5) is 7.40. The van der Waals surface area contributed by atoms with Gasteiger partial charge in [0.2, 0.25) is 0 Å². The van der Waals surface area contributed by atoms with Crippen molar-refractivity contribution in [3.8, 4) is 0 Å². The molecular formula is C22H20N2. The quantitative estimate of drug-likeness (QED) is 0.664. The van der Waals surface area contributed by atoms with Gasteiger partial charge in [0, 0.05) is 11.3 Å². The summed E-state index contributed by atoms with van der Waals surface area (Å²) in [5.41, 5.74) is 4.89. The lowest BCUT2D eigenvalue weighted by molar-refractivity contribution is 0.780. The zero-order valence-corrected chi connectivity index (χ0v) is 13.8. The summed E-state index contributed by atoms with van der Waals surface area (Å²) in [6.45, 7) is 3.00. The number of anilines is 1. The molecule has 0 N–H and O–H groups in total. The minimum absolute atomic E-state index is 0.168. The summed E-state index contributed by atoms with van der Waals surface area (Å²) < 4.78 is 0. The van der Waals surface area contributed by atoms with Gasteiger partial charge in [0.15, 0.2) is 0 Å². The summed E-state index contributed by atoms with van der Waals surface area (Å²) >= 11 is 0. The number of benzene rings is 3. The molecule has 4 rings (SSSR count). The SMILES string of the molecule is Cc1cccc(C2=NC(c3ccccc3)CN2c2ccccc2)c1. The van der Waals surface area contributed by atoms with Crippen LogP contribution in [0, 0.1) is 6.92 Å². The van der Waals surface area contributed by atoms with Crippen molar-refractivity contribution in [1.29, 1.82) is 0 Å². The molecule has 1 atom stereocenters. The summed E-state index contributed by atoms with van der Waals surface area (Å²) in [6, 6.07) is 29.8. The van der Waals surface area contributed by atoms with Gasteiger partial charge in [0.05, 0.1) is 12.6 Å². The third kappa shape index (κ3) is 2.83. The van der Waals surface area contributed by atoms with Crippen molar-refractivity contribution >= 4 is 11.5 Å². The molecule has 24 heavy (non-hydrogen) atoms. The third-order valence-corrected chi connectivity index (χ3v) is 4.42. The number of aliphatic imine (C=N–C) groups is 1. The van der Waals surface area contributed by atoms with Gasteiger partial charge in [0.25, 0.3) is 0 Å². The maximum absolute atomic E-state index is 5.07. The number of hydrogen-bond donors (Lipinski definition) is 0. The van der Waals surface area contributed by atoms with Gasteiger partial charge in [-0.2, -0.15) is 0 Å². The molecule has 3 aromatic carbocycles. The minimum atomic E-state index is 0.168. The lowest BCUT2D eigenvalue weighted by Gasteiger charge is -2.21. The van der Waals surface area contributed by atoms with Crippen LogP contribution in [0.1, 0.15) is 22.7 Å². The van der Waals surface area contributed by atoms with Crippen LogP contribution in [0.5, 0.6) is 0 Å². The topological polar surface area (TPSA) is 15.6 Å². The first-order valence-corrected chi connectivity index (χ1v) is 8.33. The van der Waals surface area contributed by atoms with E-state index in [4.69, 9.17) is 4.99 Å². The highest BCUT2D eigenvalue weighted by atomic mass is 15.3. The molecule has 0 saturated carbocycles. The van der Waals surface area contributed by atoms with Gasteiger partial charge < -0.3 is 4.90 Å². The third-order valence-electron chi connectivity index (χ3n) is 4.42. The van der Waals surface area contributed by atoms with Crippen molar-refractivity contribution in [3.63, 3.8) is 0 Å². The van der Waals surface area contributed by atoms with Crippen LogP contribution in [0.25, 0.3) is 0 Å². The molecule has 0 saturated heterocycles. The molecule has 0 radical (unpaired) electrons. The van der Waals surface area contributed by atoms with Crippen molar-refractivity contribution < 1.29 is 0 Å². The maximum atomic E-state index is 5.07. The van der Waals surface area contributed by atoms with E-state index in [1.54, 1.807) is 0 Å². The first kappa shape index (κ1) is 14.7. The Labute approximate surface area is 143 Å². The normalized spacial score (nSPS) is 17.0. The molecule has 0 aliphatic carbocycles. The summed E-state index contributed by atoms with van der Waals surface area (Å²) in [7, 11) is 0. The second-order valence-corrected chi connectivity index (χ2v) is 6.19. The van der Waals surface area contributed by atoms with Crippen LogP contribution >= 0.6 is 0 Å². The Kier molecular flexibility index (Phi) is 3.87. The largest absolute Gasteiger partial charge is 0.324 e. The smallest absolute Gasteiger partial charge is 0.136 e. The Balaban J connectivity index is 1.77. The molecule has 3 aromatic rings. The fourth-order valence-corrected chi connectivity index (χ4v) is 3.22. The number of nitrogens with zero attached hydrogens (tertiary/aromatic N) is 2. The fraction of sp³-hybridized carbons (Fsp3) is 0.136. The van der Waals surface area contributed by atoms with Crippen LogP contribution in [-0.2, 0) is 0 Å². The van der Waals surface area contributed by atoms with Crippen LogP contribution in [0.4, 0.5) is 5.69 Å². The van der Waals surface area contributed by atoms with E-state index in [-0.39, 0.29) is 6.04 Å². The summed E-state index contributed by atoms with van der Waals surface area (Å²) in [6.07, 6.45) is 0. The standard InChI is InChI=1S/C22H20N2/c1-17-9-8-12-19(15-17)22-23-21(18-10-4-2-5-11-18)16-24(22)20-13-6-3-7-14-20/h2-15,21H,16H2,1H3. The summed E-state index contributed by atoms with van der Waals surface area (Å²) in [5, 5.41) is 0. The Morgan fingerprint density at radius 2 is 1.54 bits per heavy atom. The van der Waals surface area contributed by atoms with Gasteiger partial charge in [-0.3, -0.25) is 4.99 Å². The number of rotatable bonds is 3. The van der Waals surface area contributed by atoms with E-state index in [0.29, 0.717) is 0 Å². The molecule has 0 fully saturated rings. The van der Waals surface area contributed by atoms with Crippen molar-refractivity contribution in [2.75, 3.05) is 11.4 Å². The Bertz CT molecular complexity index is 853. The van der Waals surface area contributed by atoms with Gasteiger partial charge in [-0.15, -0.1) is 0 Å². The van der Waals surface area contributed by atoms with Gasteiger partial charge in [-0.05, 0) is 30.7 Å². The van der Waals surface area contributed by atoms with Crippen LogP contribution in [0.15, 0.2) is 89.9 Å². The zero-order chi connectivity index (χ0) is 16.4. The van der Waals surface area contributed by atoms with E-state index >= 15 is 0 Å². The van der Waals surface area contributed by atoms with Gasteiger partial charge in [-0.1, -0.05) is 72.3 Å². The molecule has 1 aliphatic heterocycles. The van der Waals surface area contributed by atoms with E-state index in [1.807, 2.05) is 0 Å². The van der Waals surface area contributed by atoms with Crippen molar-refractivity contribution in [1.82, 2.24) is 0 Å². The average molecular weight is 312 g/mol. The Hall–Kier alpha value is -2.87. The van der Waals surface area contributed by atoms with E-state index in [2.05, 4.69) is 96.8 Å². The second-order valence-electron chi connectivity index (χ2n) is 6.19. The first-order valence-electron chi connectivity index (χ1n) is 8.33. The number of amidine groups is 1. The Morgan fingerprint density at radius 3 is 2.25 bits per heavy atom. The average Bonchev–Trinajstić information content (AvgIpc) is 3.09. The van der Waals surface area contributed by atoms with Gasteiger partial charge in [-0.25, -0.2) is 0 Å². The van der Waals surface area contributed by atoms with Gasteiger partial charge >= 0.3 is 0 Å². The summed E-state index contributed by atoms with van der Waals surface area (Å²) in [5.74, 6) is 1.05. The molecule has 0 aromatic heterocycles. The number of aryl methyl sites for hydroxylation is 1. The predicted octanol–water partition coefficient (Wildman–Crippen LogP) is 5.00. The van der Waals surface area contributed by atoms with Gasteiger partial charge in [0.1, 0.15) is 5.84 Å². The first-order chi connectivity index (χ1) is 11.8. The lowest BCUT2D eigenvalue weighted by atomic mass is 10.1. The molecule has 118 valence electrons. The molecule has 1 heterocycles. The molecule has 2 heteroatoms. The number of para-hydroxylation sites is 1. The zero-order valence-electron chi connectivity index (χ0n) is 13.8. The highest BCUT2D eigenvalue weighted by Crippen LogP contribution is 2.31. The van der Waals surface area contributed by atoms with E-state index in [0.717, 1.165) is 12.4 Å². The Morgan fingerprint density at radius 1 is 0.833 bits per heavy atom. The molecule has 0 amide bonds. The highest BCUT2D eigenvalue weighted by molar-refractivity contribution is 6.11. The molecule has 1 unspecified atom stereocenters. The molecule has 0 bridgehead atoms. The lowest BCUT2D eigenvalue weighted by Crippen LogP contribution is -2.28. The van der Waals surface area contributed by atoms with E-state index in [1.165, 1.54) is 22.4 Å². The van der Waals surface area contributed by atoms with E-state index in [9.17, 15) is 0 Å². The molecule has 1 aliphatic rings. The monoisotopic (exact) mass is 312 g/mol. The van der Waals surface area contributed by atoms with Crippen molar-refractivity contribution in [2.24, 2.45) is 4.99 Å².